The molecule has 1 aromatic heterocycles. The Hall–Kier alpha value is -4.70. The molecule has 0 radical (unpaired) electrons. The van der Waals surface area contributed by atoms with Crippen LogP contribution in [0.1, 0.15) is 68.7 Å². The van der Waals surface area contributed by atoms with Crippen molar-refractivity contribution in [2.45, 2.75) is 73.0 Å². The fourth-order valence-electron chi connectivity index (χ4n) is 4.49. The minimum absolute atomic E-state index is 0.227. The summed E-state index contributed by atoms with van der Waals surface area (Å²) in [5.41, 5.74) is 5.10. The molecule has 9 nitrogen and oxygen atoms in total. The van der Waals surface area contributed by atoms with E-state index in [1.807, 2.05) is 82.5 Å². The van der Waals surface area contributed by atoms with E-state index in [0.29, 0.717) is 34.2 Å². The molecule has 2 N–H and O–H groups in total. The third-order valence-electron chi connectivity index (χ3n) is 6.58. The van der Waals surface area contributed by atoms with E-state index in [0.717, 1.165) is 22.3 Å². The number of rotatable bonds is 8. The minimum Gasteiger partial charge on any atom is -0.444 e. The topological polar surface area (TPSA) is 110 Å². The van der Waals surface area contributed by atoms with Crippen molar-refractivity contribution >= 4 is 45.9 Å². The van der Waals surface area contributed by atoms with E-state index in [4.69, 9.17) is 9.47 Å². The average molecular weight is 643 g/mol. The van der Waals surface area contributed by atoms with Gasteiger partial charge in [-0.3, -0.25) is 15.0 Å². The van der Waals surface area contributed by atoms with Crippen molar-refractivity contribution in [2.75, 3.05) is 22.1 Å². The Labute approximate surface area is 275 Å². The zero-order valence-corrected chi connectivity index (χ0v) is 28.5. The molecular weight excluding hydrogens is 600 g/mol. The maximum Gasteiger partial charge on any atom is 0.414 e. The largest absolute Gasteiger partial charge is 0.444 e. The van der Waals surface area contributed by atoms with E-state index in [2.05, 4.69) is 15.6 Å². The summed E-state index contributed by atoms with van der Waals surface area (Å²) in [4.78, 5) is 44.9. The van der Waals surface area contributed by atoms with Crippen LogP contribution in [0.25, 0.3) is 11.1 Å². The van der Waals surface area contributed by atoms with Crippen molar-refractivity contribution in [3.05, 3.63) is 94.5 Å². The quantitative estimate of drug-likeness (QED) is 0.199. The Morgan fingerprint density at radius 2 is 1.43 bits per heavy atom. The van der Waals surface area contributed by atoms with Crippen LogP contribution >= 0.6 is 11.3 Å². The van der Waals surface area contributed by atoms with Crippen LogP contribution in [0.3, 0.4) is 0 Å². The van der Waals surface area contributed by atoms with Crippen LogP contribution in [-0.2, 0) is 15.9 Å². The molecule has 0 aliphatic heterocycles. The number of nitrogens with one attached hydrogen (secondary N) is 2. The highest BCUT2D eigenvalue weighted by Crippen LogP contribution is 2.28. The van der Waals surface area contributed by atoms with Crippen LogP contribution in [0.2, 0.25) is 0 Å². The highest BCUT2D eigenvalue weighted by Gasteiger charge is 2.24. The first kappa shape index (κ1) is 34.2. The standard InChI is InChI=1S/C36H42N4O5S/c1-23-9-12-25(13-10-23)29-18-11-24(2)21-30(29)31(41)37-26-14-16-28(17-15-26)40(34(43)45-36(6,7)8)20-19-27-22-46-32(38-27)39-33(42)44-35(3,4)5/h9-18,21-22H,19-20H2,1-8H3,(H,37,41)(H,38,39,42). The number of carbonyl (C=O) groups excluding carboxylic acids is 3. The predicted octanol–water partition coefficient (Wildman–Crippen LogP) is 9.01. The molecule has 1 heterocycles. The van der Waals surface area contributed by atoms with Gasteiger partial charge < -0.3 is 14.8 Å². The maximum atomic E-state index is 13.5. The summed E-state index contributed by atoms with van der Waals surface area (Å²) in [6.45, 7) is 15.1. The van der Waals surface area contributed by atoms with Crippen molar-refractivity contribution < 1.29 is 23.9 Å². The Kier molecular flexibility index (Phi) is 10.5. The van der Waals surface area contributed by atoms with E-state index in [-0.39, 0.29) is 12.5 Å². The molecule has 4 aromatic rings. The number of hydrogen-bond donors (Lipinski definition) is 2. The van der Waals surface area contributed by atoms with Gasteiger partial charge in [0.05, 0.1) is 5.69 Å². The molecule has 4 rings (SSSR count). The first-order chi connectivity index (χ1) is 21.6. The Morgan fingerprint density at radius 3 is 2.07 bits per heavy atom. The van der Waals surface area contributed by atoms with E-state index in [1.54, 1.807) is 45.0 Å². The van der Waals surface area contributed by atoms with Gasteiger partial charge in [-0.05, 0) is 96.8 Å². The molecular formula is C36H42N4O5S. The van der Waals surface area contributed by atoms with E-state index >= 15 is 0 Å². The highest BCUT2D eigenvalue weighted by molar-refractivity contribution is 7.13. The van der Waals surface area contributed by atoms with Crippen molar-refractivity contribution in [3.63, 3.8) is 0 Å². The van der Waals surface area contributed by atoms with E-state index < -0.39 is 23.4 Å². The van der Waals surface area contributed by atoms with Crippen molar-refractivity contribution in [1.29, 1.82) is 0 Å². The Bertz CT molecular complexity index is 1680. The lowest BCUT2D eigenvalue weighted by molar-refractivity contribution is 0.0578. The van der Waals surface area contributed by atoms with Crippen LogP contribution in [0, 0.1) is 13.8 Å². The van der Waals surface area contributed by atoms with Crippen molar-refractivity contribution in [2.24, 2.45) is 0 Å². The molecule has 0 unspecified atom stereocenters. The van der Waals surface area contributed by atoms with Crippen LogP contribution < -0.4 is 15.5 Å². The second kappa shape index (κ2) is 14.2. The van der Waals surface area contributed by atoms with Gasteiger partial charge in [0.15, 0.2) is 5.13 Å². The number of amides is 3. The fraction of sp³-hybridized carbons (Fsp3) is 0.333. The van der Waals surface area contributed by atoms with Gasteiger partial charge in [0.25, 0.3) is 5.91 Å². The van der Waals surface area contributed by atoms with Crippen LogP contribution in [-0.4, -0.2) is 40.8 Å². The number of thiazole rings is 1. The Morgan fingerprint density at radius 1 is 0.804 bits per heavy atom. The molecule has 0 aliphatic carbocycles. The average Bonchev–Trinajstić information content (AvgIpc) is 3.39. The summed E-state index contributed by atoms with van der Waals surface area (Å²) in [5.74, 6) is -0.227. The number of benzene rings is 3. The van der Waals surface area contributed by atoms with E-state index in [9.17, 15) is 14.4 Å². The number of anilines is 3. The molecule has 10 heteroatoms. The van der Waals surface area contributed by atoms with Gasteiger partial charge in [-0.2, -0.15) is 0 Å². The third-order valence-corrected chi connectivity index (χ3v) is 7.39. The number of aryl methyl sites for hydroxylation is 2. The number of nitrogens with zero attached hydrogens (tertiary/aromatic N) is 2. The minimum atomic E-state index is -0.697. The first-order valence-corrected chi connectivity index (χ1v) is 16.0. The Balaban J connectivity index is 1.49. The summed E-state index contributed by atoms with van der Waals surface area (Å²) >= 11 is 1.28. The molecule has 0 saturated heterocycles. The lowest BCUT2D eigenvalue weighted by Gasteiger charge is -2.27. The van der Waals surface area contributed by atoms with E-state index in [1.165, 1.54) is 16.2 Å². The van der Waals surface area contributed by atoms with Crippen molar-refractivity contribution in [3.8, 4) is 11.1 Å². The zero-order chi connectivity index (χ0) is 33.6. The summed E-state index contributed by atoms with van der Waals surface area (Å²) in [7, 11) is 0. The second-order valence-electron chi connectivity index (χ2n) is 13.1. The van der Waals surface area contributed by atoms with Gasteiger partial charge in [-0.1, -0.05) is 47.5 Å². The molecule has 0 aliphatic rings. The van der Waals surface area contributed by atoms with Gasteiger partial charge in [0, 0.05) is 35.3 Å². The van der Waals surface area contributed by atoms with Gasteiger partial charge >= 0.3 is 12.2 Å². The number of hydrogen-bond acceptors (Lipinski definition) is 7. The lowest BCUT2D eigenvalue weighted by Crippen LogP contribution is -2.38. The predicted molar refractivity (Wildman–Crippen MR) is 185 cm³/mol. The smallest absolute Gasteiger partial charge is 0.414 e. The summed E-state index contributed by atoms with van der Waals surface area (Å²) < 4.78 is 11.0. The molecule has 0 atom stereocenters. The molecule has 0 saturated carbocycles. The van der Waals surface area contributed by atoms with Crippen LogP contribution in [0.4, 0.5) is 26.1 Å². The summed E-state index contributed by atoms with van der Waals surface area (Å²) in [6.07, 6.45) is -0.668. The van der Waals surface area contributed by atoms with Gasteiger partial charge in [-0.25, -0.2) is 14.6 Å². The van der Waals surface area contributed by atoms with Gasteiger partial charge in [-0.15, -0.1) is 11.3 Å². The first-order valence-electron chi connectivity index (χ1n) is 15.1. The molecule has 242 valence electrons. The van der Waals surface area contributed by atoms with Gasteiger partial charge in [0.2, 0.25) is 0 Å². The SMILES string of the molecule is Cc1ccc(-c2ccc(C)cc2C(=O)Nc2ccc(N(CCc3csc(NC(=O)OC(C)(C)C)n3)C(=O)OC(C)(C)C)cc2)cc1. The third kappa shape index (κ3) is 9.90. The molecule has 0 spiro atoms. The summed E-state index contributed by atoms with van der Waals surface area (Å²) in [5, 5.41) is 7.89. The second-order valence-corrected chi connectivity index (χ2v) is 13.9. The van der Waals surface area contributed by atoms with Crippen molar-refractivity contribution in [1.82, 2.24) is 4.98 Å². The monoisotopic (exact) mass is 642 g/mol. The number of carbonyl (C=O) groups is 3. The van der Waals surface area contributed by atoms with Gasteiger partial charge in [0.1, 0.15) is 11.2 Å². The van der Waals surface area contributed by atoms with Crippen LogP contribution in [0.15, 0.2) is 72.1 Å². The lowest BCUT2D eigenvalue weighted by atomic mass is 9.96. The molecule has 46 heavy (non-hydrogen) atoms. The fourth-order valence-corrected chi connectivity index (χ4v) is 5.22. The number of aromatic nitrogens is 1. The number of ether oxygens (including phenoxy) is 2. The molecule has 3 amide bonds. The normalized spacial score (nSPS) is 11.5. The molecule has 3 aromatic carbocycles. The summed E-state index contributed by atoms with van der Waals surface area (Å²) in [6, 6.07) is 21.0. The molecule has 0 bridgehead atoms. The highest BCUT2D eigenvalue weighted by atomic mass is 32.1. The van der Waals surface area contributed by atoms with Crippen LogP contribution in [0.5, 0.6) is 0 Å². The molecule has 0 fully saturated rings. The maximum absolute atomic E-state index is 13.5. The zero-order valence-electron chi connectivity index (χ0n) is 27.7.